The summed E-state index contributed by atoms with van der Waals surface area (Å²) >= 11 is 0. The van der Waals surface area contributed by atoms with Crippen molar-refractivity contribution >= 4 is 0 Å². The van der Waals surface area contributed by atoms with Crippen molar-refractivity contribution in [3.63, 3.8) is 0 Å². The molecular weight excluding hydrogens is 313 g/mol. The Morgan fingerprint density at radius 1 is 1.54 bits per heavy atom. The van der Waals surface area contributed by atoms with Crippen molar-refractivity contribution in [3.8, 4) is 5.75 Å². The molecule has 0 aromatic heterocycles. The van der Waals surface area contributed by atoms with Crippen LogP contribution in [0.25, 0.3) is 0 Å². The lowest BCUT2D eigenvalue weighted by molar-refractivity contribution is -0.0639. The number of nitrogens with zero attached hydrogens (tertiary/aromatic N) is 1. The predicted molar refractivity (Wildman–Crippen MR) is 89.8 cm³/mol. The Labute approximate surface area is 142 Å². The van der Waals surface area contributed by atoms with Crippen molar-refractivity contribution in [2.24, 2.45) is 0 Å². The molecule has 2 rings (SSSR count). The van der Waals surface area contributed by atoms with Crippen molar-refractivity contribution < 1.29 is 23.7 Å². The van der Waals surface area contributed by atoms with Gasteiger partial charge in [-0.25, -0.2) is 4.39 Å². The lowest BCUT2D eigenvalue weighted by atomic mass is 10.2. The van der Waals surface area contributed by atoms with Crippen LogP contribution in [-0.2, 0) is 9.47 Å². The summed E-state index contributed by atoms with van der Waals surface area (Å²) < 4.78 is 30.2. The van der Waals surface area contributed by atoms with Gasteiger partial charge in [0.05, 0.1) is 25.9 Å². The van der Waals surface area contributed by atoms with Crippen molar-refractivity contribution in [3.05, 3.63) is 42.2 Å². The lowest BCUT2D eigenvalue weighted by Gasteiger charge is -2.33. The zero-order valence-electron chi connectivity index (χ0n) is 14.1. The highest BCUT2D eigenvalue weighted by atomic mass is 19.1. The molecule has 0 bridgehead atoms. The van der Waals surface area contributed by atoms with Crippen LogP contribution >= 0.6 is 0 Å². The first-order valence-corrected chi connectivity index (χ1v) is 8.18. The number of hydrogen-bond donors (Lipinski definition) is 1. The fourth-order valence-corrected chi connectivity index (χ4v) is 2.59. The molecule has 1 aliphatic heterocycles. The van der Waals surface area contributed by atoms with Crippen molar-refractivity contribution in [1.82, 2.24) is 4.90 Å². The summed E-state index contributed by atoms with van der Waals surface area (Å²) in [6.45, 7) is 8.88. The topological polar surface area (TPSA) is 51.2 Å². The molecule has 1 aromatic carbocycles. The number of β-amino-alcohol motifs (C(OH)–C–C–N with tert-alkyl or cyclic N) is 1. The van der Waals surface area contributed by atoms with E-state index in [1.165, 1.54) is 6.07 Å². The zero-order chi connectivity index (χ0) is 17.4. The summed E-state index contributed by atoms with van der Waals surface area (Å²) in [7, 11) is 0. The number of hydrogen-bond acceptors (Lipinski definition) is 5. The van der Waals surface area contributed by atoms with Gasteiger partial charge < -0.3 is 19.3 Å². The largest absolute Gasteiger partial charge is 0.488 e. The predicted octanol–water partition coefficient (Wildman–Crippen LogP) is 1.78. The fraction of sp³-hybridized carbons (Fsp3) is 0.556. The average molecular weight is 339 g/mol. The van der Waals surface area contributed by atoms with Crippen LogP contribution in [-0.4, -0.2) is 68.3 Å². The number of ether oxygens (including phenoxy) is 3. The lowest BCUT2D eigenvalue weighted by Crippen LogP contribution is -2.48. The van der Waals surface area contributed by atoms with E-state index in [0.29, 0.717) is 26.3 Å². The number of halogens is 1. The molecule has 1 aromatic rings. The van der Waals surface area contributed by atoms with E-state index in [1.807, 2.05) is 6.92 Å². The van der Waals surface area contributed by atoms with E-state index in [9.17, 15) is 9.50 Å². The molecule has 0 amide bonds. The van der Waals surface area contributed by atoms with Gasteiger partial charge in [0.1, 0.15) is 12.7 Å². The smallest absolute Gasteiger partial charge is 0.165 e. The highest BCUT2D eigenvalue weighted by Crippen LogP contribution is 2.19. The van der Waals surface area contributed by atoms with Crippen LogP contribution in [0.5, 0.6) is 5.75 Å². The maximum absolute atomic E-state index is 13.7. The average Bonchev–Trinajstić information content (AvgIpc) is 2.56. The molecule has 2 atom stereocenters. The minimum atomic E-state index is -0.557. The summed E-state index contributed by atoms with van der Waals surface area (Å²) in [5.74, 6) is -0.128. The quantitative estimate of drug-likeness (QED) is 0.549. The number of aliphatic hydroxyl groups excluding tert-OH is 1. The summed E-state index contributed by atoms with van der Waals surface area (Å²) in [5.41, 5.74) is 0.945. The summed E-state index contributed by atoms with van der Waals surface area (Å²) in [5, 5.41) is 9.97. The first-order chi connectivity index (χ1) is 11.6. The molecule has 0 radical (unpaired) electrons. The van der Waals surface area contributed by atoms with Crippen LogP contribution in [0, 0.1) is 12.7 Å². The Hall–Kier alpha value is -1.47. The first kappa shape index (κ1) is 18.9. The second-order valence-corrected chi connectivity index (χ2v) is 5.98. The molecule has 0 unspecified atom stereocenters. The second-order valence-electron chi connectivity index (χ2n) is 5.98. The van der Waals surface area contributed by atoms with Crippen LogP contribution in [0.4, 0.5) is 4.39 Å². The van der Waals surface area contributed by atoms with Crippen molar-refractivity contribution in [1.29, 1.82) is 0 Å². The van der Waals surface area contributed by atoms with Crippen LogP contribution in [0.15, 0.2) is 30.9 Å². The molecule has 134 valence electrons. The molecule has 5 nitrogen and oxygen atoms in total. The highest BCUT2D eigenvalue weighted by Gasteiger charge is 2.23. The fourth-order valence-electron chi connectivity index (χ4n) is 2.59. The van der Waals surface area contributed by atoms with Gasteiger partial charge in [-0.2, -0.15) is 0 Å². The third-order valence-electron chi connectivity index (χ3n) is 3.75. The van der Waals surface area contributed by atoms with Gasteiger partial charge >= 0.3 is 0 Å². The van der Waals surface area contributed by atoms with Crippen molar-refractivity contribution in [2.75, 3.05) is 46.1 Å². The first-order valence-electron chi connectivity index (χ1n) is 8.18. The molecule has 1 fully saturated rings. The minimum absolute atomic E-state index is 0.153. The van der Waals surface area contributed by atoms with Gasteiger partial charge in [0.15, 0.2) is 11.6 Å². The van der Waals surface area contributed by atoms with Gasteiger partial charge in [0.2, 0.25) is 0 Å². The molecule has 0 aliphatic carbocycles. The number of benzene rings is 1. The van der Waals surface area contributed by atoms with Crippen molar-refractivity contribution in [2.45, 2.75) is 19.1 Å². The van der Waals surface area contributed by atoms with Gasteiger partial charge in [-0.1, -0.05) is 12.1 Å². The van der Waals surface area contributed by atoms with Crippen LogP contribution in [0.1, 0.15) is 5.56 Å². The number of aryl methyl sites for hydroxylation is 1. The van der Waals surface area contributed by atoms with E-state index >= 15 is 0 Å². The van der Waals surface area contributed by atoms with E-state index in [4.69, 9.17) is 14.2 Å². The summed E-state index contributed by atoms with van der Waals surface area (Å²) in [6.07, 6.45) is 0.943. The van der Waals surface area contributed by atoms with E-state index in [2.05, 4.69) is 11.5 Å². The molecule has 1 aliphatic rings. The molecular formula is C18H26FNO4. The maximum atomic E-state index is 13.7. The maximum Gasteiger partial charge on any atom is 0.165 e. The van der Waals surface area contributed by atoms with E-state index in [-0.39, 0.29) is 30.9 Å². The Morgan fingerprint density at radius 3 is 3.17 bits per heavy atom. The van der Waals surface area contributed by atoms with E-state index in [1.54, 1.807) is 18.2 Å². The molecule has 6 heteroatoms. The molecule has 1 N–H and O–H groups in total. The molecule has 1 saturated heterocycles. The number of aliphatic hydroxyl groups is 1. The zero-order valence-corrected chi connectivity index (χ0v) is 14.1. The van der Waals surface area contributed by atoms with Gasteiger partial charge in [-0.05, 0) is 24.6 Å². The Bertz CT molecular complexity index is 526. The van der Waals surface area contributed by atoms with Gasteiger partial charge in [0, 0.05) is 19.6 Å². The normalized spacial score (nSPS) is 19.9. The third kappa shape index (κ3) is 6.20. The van der Waals surface area contributed by atoms with Gasteiger partial charge in [-0.15, -0.1) is 6.58 Å². The van der Waals surface area contributed by atoms with Crippen LogP contribution in [0.3, 0.4) is 0 Å². The summed E-state index contributed by atoms with van der Waals surface area (Å²) in [6, 6.07) is 4.78. The van der Waals surface area contributed by atoms with Gasteiger partial charge in [-0.3, -0.25) is 4.90 Å². The standard InChI is InChI=1S/C18H26FNO4/c1-3-7-22-12-15(21)10-20-6-8-23-16(11-20)13-24-18-9-14(2)4-5-17(18)19/h3-5,9,15-16,21H,1,6-8,10-13H2,2H3/t15-,16+/m0/s1. The van der Waals surface area contributed by atoms with Crippen LogP contribution in [0.2, 0.25) is 0 Å². The Kier molecular flexibility index (Phi) is 7.65. The SMILES string of the molecule is C=CCOC[C@@H](O)CN1CCO[C@@H](COc2cc(C)ccc2F)C1. The molecule has 0 saturated carbocycles. The molecule has 1 heterocycles. The van der Waals surface area contributed by atoms with E-state index < -0.39 is 6.10 Å². The van der Waals surface area contributed by atoms with E-state index in [0.717, 1.165) is 12.1 Å². The Morgan fingerprint density at radius 2 is 2.38 bits per heavy atom. The molecule has 24 heavy (non-hydrogen) atoms. The Balaban J connectivity index is 1.76. The second kappa shape index (κ2) is 9.74. The minimum Gasteiger partial charge on any atom is -0.488 e. The van der Waals surface area contributed by atoms with Crippen LogP contribution < -0.4 is 4.74 Å². The monoisotopic (exact) mass is 339 g/mol. The highest BCUT2D eigenvalue weighted by molar-refractivity contribution is 5.29. The molecule has 0 spiro atoms. The number of rotatable bonds is 9. The number of morpholine rings is 1. The summed E-state index contributed by atoms with van der Waals surface area (Å²) in [4.78, 5) is 2.10. The third-order valence-corrected chi connectivity index (χ3v) is 3.75. The van der Waals surface area contributed by atoms with Gasteiger partial charge in [0.25, 0.3) is 0 Å².